The third-order valence-electron chi connectivity index (χ3n) is 3.65. The summed E-state index contributed by atoms with van der Waals surface area (Å²) < 4.78 is 5.02. The second-order valence-electron chi connectivity index (χ2n) is 4.82. The highest BCUT2D eigenvalue weighted by Gasteiger charge is 2.21. The third-order valence-corrected chi connectivity index (χ3v) is 3.65. The van der Waals surface area contributed by atoms with Gasteiger partial charge >= 0.3 is 0 Å². The standard InChI is InChI=1S/C15H23NO/c1-17-12-11-16-10-9-14-5-2-3-8-15(14)13-6-4-7-13/h2-3,5,8,13,16H,4,6-7,9-12H2,1H3. The lowest BCUT2D eigenvalue weighted by Gasteiger charge is -2.28. The van der Waals surface area contributed by atoms with Crippen LogP contribution >= 0.6 is 0 Å². The molecule has 0 radical (unpaired) electrons. The summed E-state index contributed by atoms with van der Waals surface area (Å²) in [6.45, 7) is 2.79. The number of rotatable bonds is 7. The van der Waals surface area contributed by atoms with Gasteiger partial charge in [-0.3, -0.25) is 0 Å². The SMILES string of the molecule is COCCNCCc1ccccc1C1CCC1. The highest BCUT2D eigenvalue weighted by Crippen LogP contribution is 2.37. The van der Waals surface area contributed by atoms with Crippen molar-refractivity contribution in [1.82, 2.24) is 5.32 Å². The van der Waals surface area contributed by atoms with Crippen LogP contribution in [0.25, 0.3) is 0 Å². The quantitative estimate of drug-likeness (QED) is 0.731. The van der Waals surface area contributed by atoms with Gasteiger partial charge in [-0.05, 0) is 42.9 Å². The van der Waals surface area contributed by atoms with Crippen molar-refractivity contribution in [2.45, 2.75) is 31.6 Å². The topological polar surface area (TPSA) is 21.3 Å². The zero-order valence-corrected chi connectivity index (χ0v) is 10.7. The summed E-state index contributed by atoms with van der Waals surface area (Å²) in [5.41, 5.74) is 3.12. The Bertz CT molecular complexity index is 333. The first-order valence-corrected chi connectivity index (χ1v) is 6.69. The molecule has 1 aromatic rings. The molecule has 1 fully saturated rings. The fourth-order valence-electron chi connectivity index (χ4n) is 2.40. The molecule has 2 rings (SSSR count). The van der Waals surface area contributed by atoms with Crippen molar-refractivity contribution >= 4 is 0 Å². The molecule has 17 heavy (non-hydrogen) atoms. The lowest BCUT2D eigenvalue weighted by atomic mass is 9.78. The van der Waals surface area contributed by atoms with E-state index in [0.717, 1.165) is 32.0 Å². The summed E-state index contributed by atoms with van der Waals surface area (Å²) in [6.07, 6.45) is 5.31. The zero-order valence-electron chi connectivity index (χ0n) is 10.7. The van der Waals surface area contributed by atoms with Gasteiger partial charge in [0.1, 0.15) is 0 Å². The lowest BCUT2D eigenvalue weighted by molar-refractivity contribution is 0.199. The molecule has 1 aliphatic carbocycles. The summed E-state index contributed by atoms with van der Waals surface area (Å²) in [5.74, 6) is 0.838. The van der Waals surface area contributed by atoms with Crippen molar-refractivity contribution in [2.24, 2.45) is 0 Å². The van der Waals surface area contributed by atoms with Crippen molar-refractivity contribution in [3.05, 3.63) is 35.4 Å². The van der Waals surface area contributed by atoms with Crippen molar-refractivity contribution in [3.8, 4) is 0 Å². The van der Waals surface area contributed by atoms with Crippen LogP contribution in [0.2, 0.25) is 0 Å². The van der Waals surface area contributed by atoms with Gasteiger partial charge < -0.3 is 10.1 Å². The van der Waals surface area contributed by atoms with Gasteiger partial charge in [0.05, 0.1) is 6.61 Å². The van der Waals surface area contributed by atoms with E-state index in [1.807, 2.05) is 0 Å². The van der Waals surface area contributed by atoms with Crippen LogP contribution in [0.1, 0.15) is 36.3 Å². The molecule has 1 N–H and O–H groups in total. The van der Waals surface area contributed by atoms with Crippen LogP contribution in [0.15, 0.2) is 24.3 Å². The van der Waals surface area contributed by atoms with Gasteiger partial charge in [-0.15, -0.1) is 0 Å². The van der Waals surface area contributed by atoms with E-state index in [1.165, 1.54) is 24.8 Å². The molecule has 1 saturated carbocycles. The molecule has 0 aliphatic heterocycles. The van der Waals surface area contributed by atoms with Gasteiger partial charge in [-0.2, -0.15) is 0 Å². The lowest BCUT2D eigenvalue weighted by Crippen LogP contribution is -2.22. The van der Waals surface area contributed by atoms with E-state index < -0.39 is 0 Å². The van der Waals surface area contributed by atoms with Crippen LogP contribution in [0.4, 0.5) is 0 Å². The Morgan fingerprint density at radius 1 is 1.24 bits per heavy atom. The van der Waals surface area contributed by atoms with Crippen molar-refractivity contribution in [2.75, 3.05) is 26.8 Å². The molecular weight excluding hydrogens is 210 g/mol. The molecule has 0 saturated heterocycles. The van der Waals surface area contributed by atoms with E-state index >= 15 is 0 Å². The second kappa shape index (κ2) is 6.77. The summed E-state index contributed by atoms with van der Waals surface area (Å²) in [6, 6.07) is 8.93. The molecule has 1 aromatic carbocycles. The van der Waals surface area contributed by atoms with Crippen LogP contribution in [-0.2, 0) is 11.2 Å². The number of hydrogen-bond acceptors (Lipinski definition) is 2. The minimum absolute atomic E-state index is 0.796. The van der Waals surface area contributed by atoms with Crippen LogP contribution in [-0.4, -0.2) is 26.8 Å². The summed E-state index contributed by atoms with van der Waals surface area (Å²) in [7, 11) is 1.74. The molecular formula is C15H23NO. The van der Waals surface area contributed by atoms with E-state index in [9.17, 15) is 0 Å². The monoisotopic (exact) mass is 233 g/mol. The summed E-state index contributed by atoms with van der Waals surface area (Å²) >= 11 is 0. The Kier molecular flexibility index (Phi) is 5.02. The molecule has 0 bridgehead atoms. The van der Waals surface area contributed by atoms with Gasteiger partial charge in [-0.25, -0.2) is 0 Å². The van der Waals surface area contributed by atoms with E-state index in [-0.39, 0.29) is 0 Å². The average Bonchev–Trinajstić information content (AvgIpc) is 2.29. The molecule has 0 unspecified atom stereocenters. The van der Waals surface area contributed by atoms with Crippen LogP contribution in [0, 0.1) is 0 Å². The Balaban J connectivity index is 1.82. The number of hydrogen-bond donors (Lipinski definition) is 1. The van der Waals surface area contributed by atoms with Crippen LogP contribution in [0.5, 0.6) is 0 Å². The van der Waals surface area contributed by atoms with E-state index in [2.05, 4.69) is 29.6 Å². The third kappa shape index (κ3) is 3.55. The number of benzene rings is 1. The maximum atomic E-state index is 5.02. The van der Waals surface area contributed by atoms with E-state index in [4.69, 9.17) is 4.74 Å². The molecule has 94 valence electrons. The minimum Gasteiger partial charge on any atom is -0.383 e. The average molecular weight is 233 g/mol. The summed E-state index contributed by atoms with van der Waals surface area (Å²) in [5, 5.41) is 3.41. The maximum absolute atomic E-state index is 5.02. The first-order chi connectivity index (χ1) is 8.42. The molecule has 0 aromatic heterocycles. The van der Waals surface area contributed by atoms with E-state index in [1.54, 1.807) is 12.7 Å². The predicted octanol–water partition coefficient (Wildman–Crippen LogP) is 2.73. The predicted molar refractivity (Wildman–Crippen MR) is 71.5 cm³/mol. The zero-order chi connectivity index (χ0) is 11.9. The summed E-state index contributed by atoms with van der Waals surface area (Å²) in [4.78, 5) is 0. The van der Waals surface area contributed by atoms with Gasteiger partial charge in [0.25, 0.3) is 0 Å². The highest BCUT2D eigenvalue weighted by molar-refractivity contribution is 5.31. The first kappa shape index (κ1) is 12.6. The fraction of sp³-hybridized carbons (Fsp3) is 0.600. The number of methoxy groups -OCH3 is 1. The maximum Gasteiger partial charge on any atom is 0.0587 e. The Morgan fingerprint density at radius 3 is 2.76 bits per heavy atom. The van der Waals surface area contributed by atoms with Crippen molar-refractivity contribution in [3.63, 3.8) is 0 Å². The van der Waals surface area contributed by atoms with Crippen molar-refractivity contribution < 1.29 is 4.74 Å². The number of ether oxygens (including phenoxy) is 1. The molecule has 0 amide bonds. The number of nitrogens with one attached hydrogen (secondary N) is 1. The smallest absolute Gasteiger partial charge is 0.0587 e. The van der Waals surface area contributed by atoms with E-state index in [0.29, 0.717) is 0 Å². The molecule has 2 heteroatoms. The van der Waals surface area contributed by atoms with Gasteiger partial charge in [0, 0.05) is 13.7 Å². The highest BCUT2D eigenvalue weighted by atomic mass is 16.5. The molecule has 0 atom stereocenters. The minimum atomic E-state index is 0.796. The fourth-order valence-corrected chi connectivity index (χ4v) is 2.40. The van der Waals surface area contributed by atoms with Gasteiger partial charge in [0.15, 0.2) is 0 Å². The van der Waals surface area contributed by atoms with Crippen LogP contribution in [0.3, 0.4) is 0 Å². The van der Waals surface area contributed by atoms with Crippen molar-refractivity contribution in [1.29, 1.82) is 0 Å². The van der Waals surface area contributed by atoms with Crippen LogP contribution < -0.4 is 5.32 Å². The molecule has 2 nitrogen and oxygen atoms in total. The molecule has 0 spiro atoms. The normalized spacial score (nSPS) is 15.8. The van der Waals surface area contributed by atoms with Gasteiger partial charge in [0.2, 0.25) is 0 Å². The second-order valence-corrected chi connectivity index (χ2v) is 4.82. The Morgan fingerprint density at radius 2 is 2.06 bits per heavy atom. The largest absolute Gasteiger partial charge is 0.383 e. The molecule has 1 aliphatic rings. The Labute approximate surface area is 104 Å². The molecule has 0 heterocycles. The first-order valence-electron chi connectivity index (χ1n) is 6.69. The van der Waals surface area contributed by atoms with Gasteiger partial charge in [-0.1, -0.05) is 30.7 Å². The Hall–Kier alpha value is -0.860.